The molecule has 0 spiro atoms. The van der Waals surface area contributed by atoms with Crippen LogP contribution in [-0.2, 0) is 19.6 Å². The molecular formula is C21H17F3N4O. The third-order valence-electron chi connectivity index (χ3n) is 4.81. The topological polar surface area (TPSA) is 52.2 Å². The fraction of sp³-hybridized carbons (Fsp3) is 0.190. The Labute approximate surface area is 164 Å². The third-order valence-corrected chi connectivity index (χ3v) is 4.81. The number of alkyl halides is 3. The summed E-state index contributed by atoms with van der Waals surface area (Å²) < 4.78 is 41.6. The average Bonchev–Trinajstić information content (AvgIpc) is 3.07. The van der Waals surface area contributed by atoms with Crippen LogP contribution in [0, 0.1) is 6.92 Å². The smallest absolute Gasteiger partial charge is 0.318 e. The summed E-state index contributed by atoms with van der Waals surface area (Å²) in [7, 11) is 1.70. The van der Waals surface area contributed by atoms with Gasteiger partial charge in [-0.2, -0.15) is 13.2 Å². The van der Waals surface area contributed by atoms with E-state index >= 15 is 0 Å². The molecule has 0 amide bonds. The van der Waals surface area contributed by atoms with Crippen LogP contribution in [0.2, 0.25) is 0 Å². The molecule has 0 aliphatic heterocycles. The minimum atomic E-state index is -4.36. The van der Waals surface area contributed by atoms with Crippen LogP contribution in [0.15, 0.2) is 59.7 Å². The van der Waals surface area contributed by atoms with E-state index < -0.39 is 11.7 Å². The number of hydrogen-bond donors (Lipinski definition) is 0. The van der Waals surface area contributed by atoms with Gasteiger partial charge in [-0.15, -0.1) is 10.2 Å². The number of pyridine rings is 2. The van der Waals surface area contributed by atoms with Crippen LogP contribution in [0.3, 0.4) is 0 Å². The van der Waals surface area contributed by atoms with Crippen molar-refractivity contribution in [1.29, 1.82) is 0 Å². The van der Waals surface area contributed by atoms with Crippen molar-refractivity contribution < 1.29 is 13.2 Å². The predicted molar refractivity (Wildman–Crippen MR) is 103 cm³/mol. The Kier molecular flexibility index (Phi) is 4.49. The second-order valence-electron chi connectivity index (χ2n) is 6.96. The summed E-state index contributed by atoms with van der Waals surface area (Å²) in [6, 6.07) is 10.6. The van der Waals surface area contributed by atoms with Crippen molar-refractivity contribution in [3.8, 4) is 11.1 Å². The first kappa shape index (κ1) is 18.9. The van der Waals surface area contributed by atoms with Crippen LogP contribution in [0.4, 0.5) is 13.2 Å². The quantitative estimate of drug-likeness (QED) is 0.524. The molecule has 3 aromatic heterocycles. The van der Waals surface area contributed by atoms with Gasteiger partial charge in [0.2, 0.25) is 0 Å². The highest BCUT2D eigenvalue weighted by molar-refractivity contribution is 5.64. The van der Waals surface area contributed by atoms with Crippen molar-refractivity contribution in [2.24, 2.45) is 7.05 Å². The Morgan fingerprint density at radius 3 is 2.34 bits per heavy atom. The van der Waals surface area contributed by atoms with Crippen LogP contribution < -0.4 is 5.56 Å². The first-order valence-electron chi connectivity index (χ1n) is 8.90. The van der Waals surface area contributed by atoms with Crippen LogP contribution >= 0.6 is 0 Å². The fourth-order valence-corrected chi connectivity index (χ4v) is 3.26. The lowest BCUT2D eigenvalue weighted by atomic mass is 10.1. The Morgan fingerprint density at radius 1 is 0.966 bits per heavy atom. The highest BCUT2D eigenvalue weighted by Gasteiger charge is 2.29. The van der Waals surface area contributed by atoms with E-state index in [0.29, 0.717) is 29.0 Å². The number of hydrogen-bond acceptors (Lipinski definition) is 3. The van der Waals surface area contributed by atoms with E-state index in [4.69, 9.17) is 0 Å². The summed E-state index contributed by atoms with van der Waals surface area (Å²) in [6.45, 7) is 1.76. The van der Waals surface area contributed by atoms with Crippen LogP contribution in [0.25, 0.3) is 16.8 Å². The van der Waals surface area contributed by atoms with E-state index in [2.05, 4.69) is 10.2 Å². The van der Waals surface area contributed by atoms with Gasteiger partial charge < -0.3 is 4.57 Å². The van der Waals surface area contributed by atoms with Gasteiger partial charge >= 0.3 is 6.18 Å². The van der Waals surface area contributed by atoms with Gasteiger partial charge in [0.25, 0.3) is 5.56 Å². The zero-order valence-electron chi connectivity index (χ0n) is 15.7. The van der Waals surface area contributed by atoms with E-state index in [1.165, 1.54) is 16.7 Å². The normalized spacial score (nSPS) is 11.9. The average molecular weight is 398 g/mol. The Balaban J connectivity index is 1.70. The van der Waals surface area contributed by atoms with E-state index in [1.807, 2.05) is 28.8 Å². The van der Waals surface area contributed by atoms with E-state index in [9.17, 15) is 18.0 Å². The summed E-state index contributed by atoms with van der Waals surface area (Å²) in [5, 5.41) is 8.31. The fourth-order valence-electron chi connectivity index (χ4n) is 3.26. The van der Waals surface area contributed by atoms with Crippen molar-refractivity contribution in [1.82, 2.24) is 19.2 Å². The molecule has 0 unspecified atom stereocenters. The molecule has 0 aliphatic carbocycles. The zero-order valence-corrected chi connectivity index (χ0v) is 15.7. The van der Waals surface area contributed by atoms with Crippen molar-refractivity contribution >= 4 is 5.65 Å². The lowest BCUT2D eigenvalue weighted by Crippen LogP contribution is -2.18. The SMILES string of the molecule is Cc1cc(-c2ccc3nnc(Cc4ccc(C(F)(F)F)cc4)n3c2)cn(C)c1=O. The van der Waals surface area contributed by atoms with Gasteiger partial charge in [0, 0.05) is 31.4 Å². The molecule has 4 aromatic rings. The lowest BCUT2D eigenvalue weighted by molar-refractivity contribution is -0.137. The lowest BCUT2D eigenvalue weighted by Gasteiger charge is -2.09. The maximum absolute atomic E-state index is 12.7. The maximum atomic E-state index is 12.7. The van der Waals surface area contributed by atoms with Gasteiger partial charge in [0.15, 0.2) is 5.65 Å². The monoisotopic (exact) mass is 398 g/mol. The molecule has 8 heteroatoms. The largest absolute Gasteiger partial charge is 0.416 e. The van der Waals surface area contributed by atoms with Gasteiger partial charge in [-0.1, -0.05) is 12.1 Å². The number of aromatic nitrogens is 4. The molecule has 0 fully saturated rings. The van der Waals surface area contributed by atoms with Crippen LogP contribution in [0.1, 0.15) is 22.5 Å². The Morgan fingerprint density at radius 2 is 1.69 bits per heavy atom. The standard InChI is InChI=1S/C21H17F3N4O/c1-13-9-16(11-27(2)20(13)29)15-5-8-18-25-26-19(28(18)12-15)10-14-3-6-17(7-4-14)21(22,23)24/h3-9,11-12H,10H2,1-2H3. The second kappa shape index (κ2) is 6.88. The molecule has 0 saturated carbocycles. The van der Waals surface area contributed by atoms with Crippen LogP contribution in [0.5, 0.6) is 0 Å². The van der Waals surface area contributed by atoms with Gasteiger partial charge in [0.05, 0.1) is 5.56 Å². The molecule has 0 saturated heterocycles. The zero-order chi connectivity index (χ0) is 20.8. The molecule has 5 nitrogen and oxygen atoms in total. The van der Waals surface area contributed by atoms with Gasteiger partial charge in [-0.3, -0.25) is 9.20 Å². The molecule has 1 aromatic carbocycles. The van der Waals surface area contributed by atoms with Crippen molar-refractivity contribution in [3.05, 3.63) is 87.7 Å². The number of rotatable bonds is 3. The molecule has 0 N–H and O–H groups in total. The van der Waals surface area contributed by atoms with Gasteiger partial charge in [-0.25, -0.2) is 0 Å². The Bertz CT molecular complexity index is 1230. The highest BCUT2D eigenvalue weighted by Crippen LogP contribution is 2.29. The first-order valence-corrected chi connectivity index (χ1v) is 8.90. The highest BCUT2D eigenvalue weighted by atomic mass is 19.4. The summed E-state index contributed by atoms with van der Waals surface area (Å²) in [4.78, 5) is 11.9. The Hall–Kier alpha value is -3.42. The number of aryl methyl sites for hydroxylation is 2. The minimum absolute atomic E-state index is 0.0536. The summed E-state index contributed by atoms with van der Waals surface area (Å²) in [5.74, 6) is 0.614. The molecule has 3 heterocycles. The summed E-state index contributed by atoms with van der Waals surface area (Å²) in [6.07, 6.45) is -0.387. The van der Waals surface area contributed by atoms with Crippen molar-refractivity contribution in [2.75, 3.05) is 0 Å². The summed E-state index contributed by atoms with van der Waals surface area (Å²) >= 11 is 0. The molecule has 0 atom stereocenters. The number of benzene rings is 1. The number of halogens is 3. The summed E-state index contributed by atoms with van der Waals surface area (Å²) in [5.41, 5.74) is 3.00. The molecule has 148 valence electrons. The molecule has 4 rings (SSSR count). The van der Waals surface area contributed by atoms with Crippen LogP contribution in [-0.4, -0.2) is 19.2 Å². The van der Waals surface area contributed by atoms with Gasteiger partial charge in [0.1, 0.15) is 5.82 Å². The molecular weight excluding hydrogens is 381 g/mol. The molecule has 0 bridgehead atoms. The third kappa shape index (κ3) is 3.65. The van der Waals surface area contributed by atoms with Gasteiger partial charge in [-0.05, 0) is 53.9 Å². The predicted octanol–water partition coefficient (Wildman–Crippen LogP) is 4.01. The number of nitrogens with zero attached hydrogens (tertiary/aromatic N) is 4. The van der Waals surface area contributed by atoms with E-state index in [0.717, 1.165) is 23.3 Å². The number of fused-ring (bicyclic) bond motifs is 1. The first-order chi connectivity index (χ1) is 13.7. The van der Waals surface area contributed by atoms with E-state index in [-0.39, 0.29) is 5.56 Å². The van der Waals surface area contributed by atoms with Crippen molar-refractivity contribution in [2.45, 2.75) is 19.5 Å². The second-order valence-corrected chi connectivity index (χ2v) is 6.96. The van der Waals surface area contributed by atoms with E-state index in [1.54, 1.807) is 20.2 Å². The molecule has 0 aliphatic rings. The minimum Gasteiger partial charge on any atom is -0.318 e. The molecule has 29 heavy (non-hydrogen) atoms. The molecule has 0 radical (unpaired) electrons. The van der Waals surface area contributed by atoms with Crippen molar-refractivity contribution in [3.63, 3.8) is 0 Å². The maximum Gasteiger partial charge on any atom is 0.416 e.